The molecule has 1 saturated heterocycles. The van der Waals surface area contributed by atoms with Crippen LogP contribution in [0.3, 0.4) is 0 Å². The molecule has 18 heavy (non-hydrogen) atoms. The maximum absolute atomic E-state index is 3.69. The lowest BCUT2D eigenvalue weighted by molar-refractivity contribution is 0.0692. The van der Waals surface area contributed by atoms with Crippen molar-refractivity contribution in [3.63, 3.8) is 0 Å². The SMILES string of the molecule is CCNC1CCN(C2CCC(C)CC2)CC1CC. The van der Waals surface area contributed by atoms with Crippen molar-refractivity contribution in [1.29, 1.82) is 0 Å². The minimum Gasteiger partial charge on any atom is -0.314 e. The van der Waals surface area contributed by atoms with Crippen LogP contribution in [0.5, 0.6) is 0 Å². The Bertz CT molecular complexity index is 233. The van der Waals surface area contributed by atoms with E-state index >= 15 is 0 Å². The molecule has 0 bridgehead atoms. The minimum atomic E-state index is 0.777. The second-order valence-electron chi connectivity index (χ2n) is 6.53. The lowest BCUT2D eigenvalue weighted by atomic mass is 9.83. The van der Waals surface area contributed by atoms with Gasteiger partial charge in [0.05, 0.1) is 0 Å². The van der Waals surface area contributed by atoms with E-state index in [2.05, 4.69) is 31.0 Å². The molecule has 2 heteroatoms. The number of rotatable bonds is 4. The van der Waals surface area contributed by atoms with Crippen LogP contribution in [-0.4, -0.2) is 36.6 Å². The summed E-state index contributed by atoms with van der Waals surface area (Å²) in [6.07, 6.45) is 8.49. The lowest BCUT2D eigenvalue weighted by Gasteiger charge is -2.44. The number of nitrogens with one attached hydrogen (secondary N) is 1. The number of hydrogen-bond donors (Lipinski definition) is 1. The van der Waals surface area contributed by atoms with Gasteiger partial charge in [0, 0.05) is 18.6 Å². The van der Waals surface area contributed by atoms with Crippen molar-refractivity contribution in [2.24, 2.45) is 11.8 Å². The highest BCUT2D eigenvalue weighted by atomic mass is 15.2. The van der Waals surface area contributed by atoms with E-state index in [1.165, 1.54) is 51.6 Å². The molecule has 1 aliphatic heterocycles. The second-order valence-corrected chi connectivity index (χ2v) is 6.53. The topological polar surface area (TPSA) is 15.3 Å². The molecule has 0 spiro atoms. The molecule has 1 aliphatic carbocycles. The number of nitrogens with zero attached hydrogens (tertiary/aromatic N) is 1. The smallest absolute Gasteiger partial charge is 0.0119 e. The fourth-order valence-electron chi connectivity index (χ4n) is 3.94. The zero-order chi connectivity index (χ0) is 13.0. The van der Waals surface area contributed by atoms with Crippen LogP contribution in [0.2, 0.25) is 0 Å². The Kier molecular flexibility index (Phi) is 5.50. The summed E-state index contributed by atoms with van der Waals surface area (Å²) in [4.78, 5) is 2.81. The molecule has 2 fully saturated rings. The van der Waals surface area contributed by atoms with Crippen molar-refractivity contribution >= 4 is 0 Å². The van der Waals surface area contributed by atoms with Crippen LogP contribution < -0.4 is 5.32 Å². The zero-order valence-corrected chi connectivity index (χ0v) is 12.6. The van der Waals surface area contributed by atoms with Gasteiger partial charge in [0.15, 0.2) is 0 Å². The summed E-state index contributed by atoms with van der Waals surface area (Å²) >= 11 is 0. The molecule has 0 aromatic heterocycles. The maximum Gasteiger partial charge on any atom is 0.0119 e. The Morgan fingerprint density at radius 2 is 1.78 bits per heavy atom. The fourth-order valence-corrected chi connectivity index (χ4v) is 3.94. The van der Waals surface area contributed by atoms with E-state index in [1.807, 2.05) is 0 Å². The third-order valence-corrected chi connectivity index (χ3v) is 5.26. The monoisotopic (exact) mass is 252 g/mol. The molecule has 106 valence electrons. The van der Waals surface area contributed by atoms with Gasteiger partial charge in [-0.05, 0) is 57.0 Å². The standard InChI is InChI=1S/C16H32N2/c1-4-14-12-18(11-10-16(14)17-5-2)15-8-6-13(3)7-9-15/h13-17H,4-12H2,1-3H3. The van der Waals surface area contributed by atoms with E-state index in [9.17, 15) is 0 Å². The maximum atomic E-state index is 3.69. The summed E-state index contributed by atoms with van der Waals surface area (Å²) < 4.78 is 0. The highest BCUT2D eigenvalue weighted by molar-refractivity contribution is 4.88. The summed E-state index contributed by atoms with van der Waals surface area (Å²) in [6.45, 7) is 10.8. The molecular formula is C16H32N2. The second kappa shape index (κ2) is 6.91. The van der Waals surface area contributed by atoms with Crippen molar-refractivity contribution in [2.75, 3.05) is 19.6 Å². The minimum absolute atomic E-state index is 0.777. The van der Waals surface area contributed by atoms with E-state index < -0.39 is 0 Å². The third kappa shape index (κ3) is 3.48. The van der Waals surface area contributed by atoms with Crippen LogP contribution >= 0.6 is 0 Å². The van der Waals surface area contributed by atoms with Gasteiger partial charge in [-0.3, -0.25) is 4.90 Å². The van der Waals surface area contributed by atoms with Crippen LogP contribution in [-0.2, 0) is 0 Å². The van der Waals surface area contributed by atoms with Gasteiger partial charge < -0.3 is 5.32 Å². The summed E-state index contributed by atoms with van der Waals surface area (Å²) in [5.74, 6) is 1.85. The predicted molar refractivity (Wildman–Crippen MR) is 78.9 cm³/mol. The Morgan fingerprint density at radius 1 is 1.06 bits per heavy atom. The van der Waals surface area contributed by atoms with Crippen LogP contribution in [0.4, 0.5) is 0 Å². The summed E-state index contributed by atoms with van der Waals surface area (Å²) in [5.41, 5.74) is 0. The normalized spacial score (nSPS) is 38.8. The fraction of sp³-hybridized carbons (Fsp3) is 1.00. The zero-order valence-electron chi connectivity index (χ0n) is 12.6. The van der Waals surface area contributed by atoms with Crippen molar-refractivity contribution in [3.05, 3.63) is 0 Å². The first-order chi connectivity index (χ1) is 8.74. The number of piperidine rings is 1. The van der Waals surface area contributed by atoms with E-state index in [0.29, 0.717) is 0 Å². The first kappa shape index (κ1) is 14.3. The van der Waals surface area contributed by atoms with Gasteiger partial charge in [-0.25, -0.2) is 0 Å². The van der Waals surface area contributed by atoms with E-state index in [4.69, 9.17) is 0 Å². The Balaban J connectivity index is 1.85. The largest absolute Gasteiger partial charge is 0.314 e. The molecule has 1 saturated carbocycles. The Labute approximate surface area is 114 Å². The lowest BCUT2D eigenvalue weighted by Crippen LogP contribution is -2.52. The van der Waals surface area contributed by atoms with Crippen LogP contribution in [0, 0.1) is 11.8 Å². The molecule has 1 heterocycles. The van der Waals surface area contributed by atoms with Gasteiger partial charge in [0.25, 0.3) is 0 Å². The molecule has 2 unspecified atom stereocenters. The molecule has 2 atom stereocenters. The quantitative estimate of drug-likeness (QED) is 0.826. The van der Waals surface area contributed by atoms with Gasteiger partial charge in [0.1, 0.15) is 0 Å². The first-order valence-corrected chi connectivity index (χ1v) is 8.22. The van der Waals surface area contributed by atoms with Gasteiger partial charge in [0.2, 0.25) is 0 Å². The van der Waals surface area contributed by atoms with Crippen LogP contribution in [0.25, 0.3) is 0 Å². The number of likely N-dealkylation sites (tertiary alicyclic amines) is 1. The Morgan fingerprint density at radius 3 is 2.39 bits per heavy atom. The molecule has 1 N–H and O–H groups in total. The summed E-state index contributed by atoms with van der Waals surface area (Å²) in [7, 11) is 0. The average Bonchev–Trinajstić information content (AvgIpc) is 2.40. The Hall–Kier alpha value is -0.0800. The summed E-state index contributed by atoms with van der Waals surface area (Å²) in [5, 5.41) is 3.69. The van der Waals surface area contributed by atoms with Crippen LogP contribution in [0.1, 0.15) is 59.3 Å². The molecule has 2 aliphatic rings. The third-order valence-electron chi connectivity index (χ3n) is 5.26. The average molecular weight is 252 g/mol. The summed E-state index contributed by atoms with van der Waals surface area (Å²) in [6, 6.07) is 1.68. The van der Waals surface area contributed by atoms with Crippen LogP contribution in [0.15, 0.2) is 0 Å². The van der Waals surface area contributed by atoms with Gasteiger partial charge in [-0.1, -0.05) is 27.2 Å². The number of hydrogen-bond acceptors (Lipinski definition) is 2. The van der Waals surface area contributed by atoms with E-state index in [0.717, 1.165) is 30.5 Å². The van der Waals surface area contributed by atoms with Crippen molar-refractivity contribution in [2.45, 2.75) is 71.4 Å². The van der Waals surface area contributed by atoms with Gasteiger partial charge in [-0.2, -0.15) is 0 Å². The highest BCUT2D eigenvalue weighted by Gasteiger charge is 2.32. The van der Waals surface area contributed by atoms with Crippen molar-refractivity contribution in [3.8, 4) is 0 Å². The highest BCUT2D eigenvalue weighted by Crippen LogP contribution is 2.30. The van der Waals surface area contributed by atoms with Gasteiger partial charge >= 0.3 is 0 Å². The molecule has 0 radical (unpaired) electrons. The molecular weight excluding hydrogens is 220 g/mol. The first-order valence-electron chi connectivity index (χ1n) is 8.22. The predicted octanol–water partition coefficient (Wildman–Crippen LogP) is 3.28. The molecule has 2 rings (SSSR count). The molecule has 0 amide bonds. The van der Waals surface area contributed by atoms with Gasteiger partial charge in [-0.15, -0.1) is 0 Å². The van der Waals surface area contributed by atoms with E-state index in [1.54, 1.807) is 0 Å². The van der Waals surface area contributed by atoms with Crippen molar-refractivity contribution < 1.29 is 0 Å². The molecule has 0 aromatic rings. The van der Waals surface area contributed by atoms with E-state index in [-0.39, 0.29) is 0 Å². The molecule has 2 nitrogen and oxygen atoms in total. The molecule has 0 aromatic carbocycles. The van der Waals surface area contributed by atoms with Crippen molar-refractivity contribution in [1.82, 2.24) is 10.2 Å².